The van der Waals surface area contributed by atoms with Crippen LogP contribution in [0.25, 0.3) is 11.4 Å². The van der Waals surface area contributed by atoms with E-state index in [4.69, 9.17) is 17.4 Å². The monoisotopic (exact) mass is 356 g/mol. The number of nitrogens with one attached hydrogen (secondary N) is 1. The lowest BCUT2D eigenvalue weighted by Crippen LogP contribution is -2.02. The molecule has 0 amide bonds. The standard InChI is InChI=1S/C17H17ClN6O/c1-10-7-8-13(15(18)12(10)9-20-19)21-17-22-16(23-24(17)2)11-5-3-4-6-14(11)25/h3-9,25H,19H2,1-2H3,(H,21,22,23)/b20-9-. The number of nitrogens with two attached hydrogens (primary N) is 1. The van der Waals surface area contributed by atoms with E-state index in [0.29, 0.717) is 28.0 Å². The second-order valence-corrected chi connectivity index (χ2v) is 5.84. The maximum Gasteiger partial charge on any atom is 0.226 e. The van der Waals surface area contributed by atoms with E-state index in [2.05, 4.69) is 20.5 Å². The van der Waals surface area contributed by atoms with Gasteiger partial charge in [0.25, 0.3) is 0 Å². The number of hydrogen-bond acceptors (Lipinski definition) is 6. The zero-order valence-electron chi connectivity index (χ0n) is 13.7. The van der Waals surface area contributed by atoms with Crippen molar-refractivity contribution in [3.05, 3.63) is 52.5 Å². The SMILES string of the molecule is Cc1ccc(Nc2nc(-c3ccccc3O)nn2C)c(Cl)c1/C=N\N. The van der Waals surface area contributed by atoms with Gasteiger partial charge in [0.15, 0.2) is 5.82 Å². The molecule has 3 aromatic rings. The number of hydrazone groups is 1. The van der Waals surface area contributed by atoms with Crippen LogP contribution in [0.15, 0.2) is 41.5 Å². The number of para-hydroxylation sites is 1. The van der Waals surface area contributed by atoms with E-state index >= 15 is 0 Å². The molecule has 0 unspecified atom stereocenters. The topological polar surface area (TPSA) is 101 Å². The number of phenols is 1. The first-order valence-electron chi connectivity index (χ1n) is 7.50. The number of nitrogens with zero attached hydrogens (tertiary/aromatic N) is 4. The first-order chi connectivity index (χ1) is 12.0. The number of halogens is 1. The van der Waals surface area contributed by atoms with Crippen molar-refractivity contribution in [2.75, 3.05) is 5.32 Å². The van der Waals surface area contributed by atoms with Gasteiger partial charge in [-0.25, -0.2) is 4.68 Å². The number of phenolic OH excluding ortho intramolecular Hbond substituents is 1. The van der Waals surface area contributed by atoms with Gasteiger partial charge in [0, 0.05) is 12.6 Å². The zero-order valence-corrected chi connectivity index (χ0v) is 14.5. The predicted octanol–water partition coefficient (Wildman–Crippen LogP) is 3.19. The van der Waals surface area contributed by atoms with Crippen molar-refractivity contribution >= 4 is 29.5 Å². The molecule has 0 aliphatic carbocycles. The van der Waals surface area contributed by atoms with Crippen molar-refractivity contribution in [3.63, 3.8) is 0 Å². The lowest BCUT2D eigenvalue weighted by atomic mass is 10.1. The Morgan fingerprint density at radius 3 is 2.76 bits per heavy atom. The lowest BCUT2D eigenvalue weighted by molar-refractivity contribution is 0.477. The van der Waals surface area contributed by atoms with Gasteiger partial charge in [-0.2, -0.15) is 10.1 Å². The summed E-state index contributed by atoms with van der Waals surface area (Å²) in [4.78, 5) is 4.44. The van der Waals surface area contributed by atoms with Gasteiger partial charge < -0.3 is 16.3 Å². The molecular formula is C17H17ClN6O. The van der Waals surface area contributed by atoms with Crippen LogP contribution in [0, 0.1) is 6.92 Å². The summed E-state index contributed by atoms with van der Waals surface area (Å²) in [7, 11) is 1.75. The Balaban J connectivity index is 1.98. The van der Waals surface area contributed by atoms with Crippen LogP contribution in [0.1, 0.15) is 11.1 Å². The van der Waals surface area contributed by atoms with E-state index in [9.17, 15) is 5.11 Å². The fraction of sp³-hybridized carbons (Fsp3) is 0.118. The highest BCUT2D eigenvalue weighted by atomic mass is 35.5. The Kier molecular flexibility index (Phi) is 4.58. The second kappa shape index (κ2) is 6.82. The fourth-order valence-electron chi connectivity index (χ4n) is 2.41. The summed E-state index contributed by atoms with van der Waals surface area (Å²) in [6.07, 6.45) is 1.51. The predicted molar refractivity (Wildman–Crippen MR) is 99.4 cm³/mol. The van der Waals surface area contributed by atoms with Crippen molar-refractivity contribution in [3.8, 4) is 17.1 Å². The van der Waals surface area contributed by atoms with E-state index in [-0.39, 0.29) is 5.75 Å². The molecule has 128 valence electrons. The normalized spacial score (nSPS) is 11.2. The Bertz CT molecular complexity index is 950. The smallest absolute Gasteiger partial charge is 0.226 e. The maximum absolute atomic E-state index is 9.97. The molecule has 0 bridgehead atoms. The number of hydrogen-bond donors (Lipinski definition) is 3. The third-order valence-corrected chi connectivity index (χ3v) is 4.16. The molecule has 0 fully saturated rings. The number of aromatic hydroxyl groups is 1. The molecule has 25 heavy (non-hydrogen) atoms. The molecule has 0 aliphatic rings. The van der Waals surface area contributed by atoms with Crippen LogP contribution in [-0.4, -0.2) is 26.1 Å². The first kappa shape index (κ1) is 16.8. The molecule has 0 atom stereocenters. The number of anilines is 2. The average Bonchev–Trinajstić information content (AvgIpc) is 2.95. The van der Waals surface area contributed by atoms with Crippen LogP contribution in [-0.2, 0) is 7.05 Å². The molecular weight excluding hydrogens is 340 g/mol. The molecule has 8 heteroatoms. The quantitative estimate of drug-likeness (QED) is 0.378. The number of aromatic nitrogens is 3. The van der Waals surface area contributed by atoms with Gasteiger partial charge in [-0.1, -0.05) is 29.8 Å². The van der Waals surface area contributed by atoms with Gasteiger partial charge in [-0.05, 0) is 30.7 Å². The minimum atomic E-state index is 0.120. The summed E-state index contributed by atoms with van der Waals surface area (Å²) in [5.74, 6) is 6.26. The number of rotatable bonds is 4. The third-order valence-electron chi connectivity index (χ3n) is 3.76. The van der Waals surface area contributed by atoms with Crippen molar-refractivity contribution in [2.45, 2.75) is 6.92 Å². The van der Waals surface area contributed by atoms with Crippen molar-refractivity contribution < 1.29 is 5.11 Å². The maximum atomic E-state index is 9.97. The summed E-state index contributed by atoms with van der Waals surface area (Å²) < 4.78 is 1.58. The van der Waals surface area contributed by atoms with Crippen LogP contribution in [0.2, 0.25) is 5.02 Å². The molecule has 0 radical (unpaired) electrons. The van der Waals surface area contributed by atoms with Crippen LogP contribution in [0.4, 0.5) is 11.6 Å². The summed E-state index contributed by atoms with van der Waals surface area (Å²) in [5, 5.41) is 21.5. The van der Waals surface area contributed by atoms with Crippen molar-refractivity contribution in [1.82, 2.24) is 14.8 Å². The highest BCUT2D eigenvalue weighted by Gasteiger charge is 2.14. The van der Waals surface area contributed by atoms with Crippen LogP contribution < -0.4 is 11.2 Å². The fourth-order valence-corrected chi connectivity index (χ4v) is 2.72. The molecule has 1 aromatic heterocycles. The summed E-state index contributed by atoms with van der Waals surface area (Å²) >= 11 is 6.44. The number of benzene rings is 2. The average molecular weight is 357 g/mol. The van der Waals surface area contributed by atoms with Gasteiger partial charge in [-0.3, -0.25) is 0 Å². The van der Waals surface area contributed by atoms with Gasteiger partial charge in [0.1, 0.15) is 5.75 Å². The summed E-state index contributed by atoms with van der Waals surface area (Å²) in [6.45, 7) is 1.92. The Morgan fingerprint density at radius 1 is 1.28 bits per heavy atom. The second-order valence-electron chi connectivity index (χ2n) is 5.46. The molecule has 7 nitrogen and oxygen atoms in total. The van der Waals surface area contributed by atoms with E-state index < -0.39 is 0 Å². The summed E-state index contributed by atoms with van der Waals surface area (Å²) in [6, 6.07) is 10.7. The van der Waals surface area contributed by atoms with Crippen LogP contribution in [0.5, 0.6) is 5.75 Å². The third kappa shape index (κ3) is 3.27. The zero-order chi connectivity index (χ0) is 18.0. The van der Waals surface area contributed by atoms with E-state index in [1.807, 2.05) is 25.1 Å². The Morgan fingerprint density at radius 2 is 2.04 bits per heavy atom. The lowest BCUT2D eigenvalue weighted by Gasteiger charge is -2.10. The van der Waals surface area contributed by atoms with Crippen molar-refractivity contribution in [2.24, 2.45) is 18.0 Å². The van der Waals surface area contributed by atoms with E-state index in [0.717, 1.165) is 11.1 Å². The summed E-state index contributed by atoms with van der Waals surface area (Å²) in [5.41, 5.74) is 2.90. The Labute approximate surface area is 149 Å². The van der Waals surface area contributed by atoms with E-state index in [1.54, 1.807) is 29.9 Å². The molecule has 0 saturated heterocycles. The Hall–Kier alpha value is -3.06. The molecule has 2 aromatic carbocycles. The first-order valence-corrected chi connectivity index (χ1v) is 7.88. The van der Waals surface area contributed by atoms with E-state index in [1.165, 1.54) is 6.21 Å². The minimum absolute atomic E-state index is 0.120. The molecule has 0 saturated carbocycles. The highest BCUT2D eigenvalue weighted by Crippen LogP contribution is 2.31. The highest BCUT2D eigenvalue weighted by molar-refractivity contribution is 6.36. The molecule has 3 rings (SSSR count). The van der Waals surface area contributed by atoms with Crippen LogP contribution >= 0.6 is 11.6 Å². The van der Waals surface area contributed by atoms with Gasteiger partial charge in [0.05, 0.1) is 22.5 Å². The van der Waals surface area contributed by atoms with Gasteiger partial charge in [0.2, 0.25) is 5.95 Å². The molecule has 0 aliphatic heterocycles. The largest absolute Gasteiger partial charge is 0.507 e. The molecule has 0 spiro atoms. The molecule has 4 N–H and O–H groups in total. The van der Waals surface area contributed by atoms with Gasteiger partial charge >= 0.3 is 0 Å². The van der Waals surface area contributed by atoms with Crippen molar-refractivity contribution in [1.29, 1.82) is 0 Å². The number of aryl methyl sites for hydroxylation is 2. The van der Waals surface area contributed by atoms with Crippen LogP contribution in [0.3, 0.4) is 0 Å². The van der Waals surface area contributed by atoms with Gasteiger partial charge in [-0.15, -0.1) is 5.10 Å². The minimum Gasteiger partial charge on any atom is -0.507 e. The molecule has 1 heterocycles.